The van der Waals surface area contributed by atoms with Crippen LogP contribution in [0.4, 0.5) is 0 Å². The minimum Gasteiger partial charge on any atom is -0.378 e. The molecule has 1 saturated heterocycles. The number of nitrogens with one attached hydrogen (secondary N) is 1. The monoisotopic (exact) mass is 382 g/mol. The molecule has 1 aromatic carbocycles. The minimum absolute atomic E-state index is 0. The molecule has 132 valence electrons. The van der Waals surface area contributed by atoms with Gasteiger partial charge in [-0.3, -0.25) is 0 Å². The van der Waals surface area contributed by atoms with Crippen LogP contribution >= 0.6 is 24.0 Å². The standard InChI is InChI=1S/C15H23ClN2O3S.ClH/c1-12(2)21-9-10-22(19,20)18-8-7-17-11-15(18)13-5-3-4-6-14(13)16;/h3-6,12,15,17H,7-11H2,1-2H3;1H. The lowest BCUT2D eigenvalue weighted by atomic mass is 10.1. The summed E-state index contributed by atoms with van der Waals surface area (Å²) in [7, 11) is -3.38. The van der Waals surface area contributed by atoms with Gasteiger partial charge < -0.3 is 10.1 Å². The molecule has 0 saturated carbocycles. The summed E-state index contributed by atoms with van der Waals surface area (Å²) < 4.78 is 32.2. The molecule has 5 nitrogen and oxygen atoms in total. The van der Waals surface area contributed by atoms with Crippen LogP contribution in [0.1, 0.15) is 25.5 Å². The minimum atomic E-state index is -3.38. The first-order valence-electron chi connectivity index (χ1n) is 7.48. The van der Waals surface area contributed by atoms with Crippen molar-refractivity contribution >= 4 is 34.0 Å². The van der Waals surface area contributed by atoms with Gasteiger partial charge >= 0.3 is 0 Å². The molecular weight excluding hydrogens is 359 g/mol. The SMILES string of the molecule is CC(C)OCCS(=O)(=O)N1CCNCC1c1ccccc1Cl.Cl. The Balaban J connectivity index is 0.00000264. The van der Waals surface area contributed by atoms with E-state index in [1.54, 1.807) is 10.4 Å². The zero-order valence-corrected chi connectivity index (χ0v) is 15.8. The number of hydrogen-bond acceptors (Lipinski definition) is 4. The maximum absolute atomic E-state index is 12.6. The first-order chi connectivity index (χ1) is 10.4. The number of nitrogens with zero attached hydrogens (tertiary/aromatic N) is 1. The van der Waals surface area contributed by atoms with Gasteiger partial charge in [-0.1, -0.05) is 29.8 Å². The van der Waals surface area contributed by atoms with E-state index >= 15 is 0 Å². The summed E-state index contributed by atoms with van der Waals surface area (Å²) >= 11 is 6.24. The molecule has 8 heteroatoms. The normalized spacial score (nSPS) is 19.6. The van der Waals surface area contributed by atoms with E-state index in [4.69, 9.17) is 16.3 Å². The van der Waals surface area contributed by atoms with Crippen LogP contribution in [0.3, 0.4) is 0 Å². The maximum Gasteiger partial charge on any atom is 0.217 e. The molecule has 1 fully saturated rings. The van der Waals surface area contributed by atoms with E-state index in [0.717, 1.165) is 5.56 Å². The van der Waals surface area contributed by atoms with Crippen LogP contribution in [0.2, 0.25) is 5.02 Å². The molecule has 1 aliphatic rings. The number of piperazine rings is 1. The van der Waals surface area contributed by atoms with Gasteiger partial charge in [0.25, 0.3) is 0 Å². The molecule has 1 unspecified atom stereocenters. The van der Waals surface area contributed by atoms with Crippen LogP contribution in [-0.4, -0.2) is 50.8 Å². The molecule has 1 aliphatic heterocycles. The third-order valence-electron chi connectivity index (χ3n) is 3.61. The van der Waals surface area contributed by atoms with Crippen LogP contribution in [0.5, 0.6) is 0 Å². The van der Waals surface area contributed by atoms with Crippen molar-refractivity contribution < 1.29 is 13.2 Å². The highest BCUT2D eigenvalue weighted by molar-refractivity contribution is 7.89. The molecule has 1 heterocycles. The highest BCUT2D eigenvalue weighted by Crippen LogP contribution is 2.30. The van der Waals surface area contributed by atoms with Crippen molar-refractivity contribution in [3.05, 3.63) is 34.9 Å². The molecule has 1 aromatic rings. The fourth-order valence-electron chi connectivity index (χ4n) is 2.54. The van der Waals surface area contributed by atoms with E-state index in [2.05, 4.69) is 5.32 Å². The lowest BCUT2D eigenvalue weighted by molar-refractivity contribution is 0.0903. The first-order valence-corrected chi connectivity index (χ1v) is 9.47. The Morgan fingerprint density at radius 1 is 1.39 bits per heavy atom. The van der Waals surface area contributed by atoms with Gasteiger partial charge in [0.1, 0.15) is 0 Å². The van der Waals surface area contributed by atoms with E-state index in [1.807, 2.05) is 32.0 Å². The summed E-state index contributed by atoms with van der Waals surface area (Å²) in [5, 5.41) is 3.83. The number of ether oxygens (including phenoxy) is 1. The summed E-state index contributed by atoms with van der Waals surface area (Å²) in [4.78, 5) is 0. The Labute approximate surface area is 149 Å². The maximum atomic E-state index is 12.6. The van der Waals surface area contributed by atoms with Crippen molar-refractivity contribution in [3.8, 4) is 0 Å². The Hall–Kier alpha value is -0.370. The molecule has 23 heavy (non-hydrogen) atoms. The van der Waals surface area contributed by atoms with Crippen molar-refractivity contribution in [1.82, 2.24) is 9.62 Å². The number of halogens is 2. The Morgan fingerprint density at radius 3 is 2.74 bits per heavy atom. The van der Waals surface area contributed by atoms with Gasteiger partial charge in [0, 0.05) is 24.7 Å². The van der Waals surface area contributed by atoms with E-state index < -0.39 is 10.0 Å². The van der Waals surface area contributed by atoms with Crippen LogP contribution in [0.15, 0.2) is 24.3 Å². The molecule has 0 aromatic heterocycles. The largest absolute Gasteiger partial charge is 0.378 e. The molecule has 0 spiro atoms. The van der Waals surface area contributed by atoms with Gasteiger partial charge in [-0.05, 0) is 25.5 Å². The molecule has 0 bridgehead atoms. The Morgan fingerprint density at radius 2 is 2.09 bits per heavy atom. The van der Waals surface area contributed by atoms with Gasteiger partial charge in [0.15, 0.2) is 0 Å². The lowest BCUT2D eigenvalue weighted by Gasteiger charge is -2.35. The van der Waals surface area contributed by atoms with Crippen molar-refractivity contribution in [1.29, 1.82) is 0 Å². The van der Waals surface area contributed by atoms with E-state index in [0.29, 0.717) is 24.7 Å². The summed E-state index contributed by atoms with van der Waals surface area (Å²) in [6, 6.07) is 7.12. The first kappa shape index (κ1) is 20.7. The lowest BCUT2D eigenvalue weighted by Crippen LogP contribution is -2.49. The molecule has 0 aliphatic carbocycles. The topological polar surface area (TPSA) is 58.6 Å². The van der Waals surface area contributed by atoms with Crippen LogP contribution in [0, 0.1) is 0 Å². The Kier molecular flexibility index (Phi) is 8.27. The second-order valence-corrected chi connectivity index (χ2v) is 8.04. The van der Waals surface area contributed by atoms with Gasteiger partial charge in [-0.15, -0.1) is 12.4 Å². The van der Waals surface area contributed by atoms with Gasteiger partial charge in [0.05, 0.1) is 24.5 Å². The van der Waals surface area contributed by atoms with Crippen molar-refractivity contribution in [2.24, 2.45) is 0 Å². The zero-order valence-electron chi connectivity index (χ0n) is 13.4. The summed E-state index contributed by atoms with van der Waals surface area (Å²) in [5.74, 6) is -0.00780. The van der Waals surface area contributed by atoms with Crippen molar-refractivity contribution in [2.45, 2.75) is 26.0 Å². The third-order valence-corrected chi connectivity index (χ3v) is 5.79. The molecular formula is C15H24Cl2N2O3S. The summed E-state index contributed by atoms with van der Waals surface area (Å²) in [6.07, 6.45) is 0.0255. The number of benzene rings is 1. The highest BCUT2D eigenvalue weighted by atomic mass is 35.5. The quantitative estimate of drug-likeness (QED) is 0.820. The molecule has 1 atom stereocenters. The summed E-state index contributed by atoms with van der Waals surface area (Å²) in [6.45, 7) is 5.65. The third kappa shape index (κ3) is 5.59. The molecule has 0 radical (unpaired) electrons. The molecule has 2 rings (SSSR count). The number of hydrogen-bond donors (Lipinski definition) is 1. The smallest absolute Gasteiger partial charge is 0.217 e. The highest BCUT2D eigenvalue weighted by Gasteiger charge is 2.33. The Bertz CT molecular complexity index is 596. The fraction of sp³-hybridized carbons (Fsp3) is 0.600. The zero-order chi connectivity index (χ0) is 16.2. The second-order valence-electron chi connectivity index (χ2n) is 5.59. The fourth-order valence-corrected chi connectivity index (χ4v) is 4.28. The van der Waals surface area contributed by atoms with Crippen LogP contribution in [-0.2, 0) is 14.8 Å². The van der Waals surface area contributed by atoms with Crippen LogP contribution < -0.4 is 5.32 Å². The van der Waals surface area contributed by atoms with E-state index in [-0.39, 0.29) is 36.9 Å². The predicted molar refractivity (Wildman–Crippen MR) is 95.9 cm³/mol. The summed E-state index contributed by atoms with van der Waals surface area (Å²) in [5.41, 5.74) is 0.838. The number of rotatable bonds is 6. The average molecular weight is 383 g/mol. The average Bonchev–Trinajstić information content (AvgIpc) is 2.47. The number of sulfonamides is 1. The van der Waals surface area contributed by atoms with E-state index in [9.17, 15) is 8.42 Å². The van der Waals surface area contributed by atoms with E-state index in [1.165, 1.54) is 0 Å². The van der Waals surface area contributed by atoms with Crippen LogP contribution in [0.25, 0.3) is 0 Å². The van der Waals surface area contributed by atoms with Crippen molar-refractivity contribution in [3.63, 3.8) is 0 Å². The van der Waals surface area contributed by atoms with Gasteiger partial charge in [-0.2, -0.15) is 4.31 Å². The van der Waals surface area contributed by atoms with Crippen molar-refractivity contribution in [2.75, 3.05) is 32.0 Å². The molecule has 0 amide bonds. The second kappa shape index (κ2) is 9.20. The van der Waals surface area contributed by atoms with Gasteiger partial charge in [0.2, 0.25) is 10.0 Å². The molecule has 1 N–H and O–H groups in total. The van der Waals surface area contributed by atoms with Gasteiger partial charge in [-0.25, -0.2) is 8.42 Å². The predicted octanol–water partition coefficient (Wildman–Crippen LogP) is 2.46.